The Morgan fingerprint density at radius 2 is 1.96 bits per heavy atom. The molecular formula is C22H25N3O2S. The van der Waals surface area contributed by atoms with E-state index in [9.17, 15) is 9.59 Å². The number of nitrogens with zero attached hydrogens (tertiary/aromatic N) is 1. The number of aromatic amines is 1. The second-order valence-electron chi connectivity index (χ2n) is 7.49. The van der Waals surface area contributed by atoms with Crippen LogP contribution in [0.5, 0.6) is 0 Å². The second-order valence-corrected chi connectivity index (χ2v) is 8.57. The van der Waals surface area contributed by atoms with Gasteiger partial charge in [-0.3, -0.25) is 9.59 Å². The molecule has 0 radical (unpaired) electrons. The minimum absolute atomic E-state index is 0.0136. The highest BCUT2D eigenvalue weighted by Gasteiger charge is 2.19. The molecule has 1 aromatic carbocycles. The Hall–Kier alpha value is -2.47. The SMILES string of the molecule is Cc1ccc(CCNC(=O)CCc2nc3sc4c(c3c(=O)[nH]2)CCCC4)cc1. The molecule has 0 saturated heterocycles. The largest absolute Gasteiger partial charge is 0.356 e. The number of aryl methyl sites for hydroxylation is 4. The van der Waals surface area contributed by atoms with E-state index < -0.39 is 0 Å². The third kappa shape index (κ3) is 4.17. The summed E-state index contributed by atoms with van der Waals surface area (Å²) in [5.41, 5.74) is 3.58. The molecular weight excluding hydrogens is 370 g/mol. The molecule has 1 aliphatic carbocycles. The van der Waals surface area contributed by atoms with Crippen molar-refractivity contribution < 1.29 is 4.79 Å². The van der Waals surface area contributed by atoms with Crippen molar-refractivity contribution in [1.82, 2.24) is 15.3 Å². The molecule has 146 valence electrons. The Balaban J connectivity index is 1.34. The predicted molar refractivity (Wildman–Crippen MR) is 113 cm³/mol. The van der Waals surface area contributed by atoms with E-state index in [-0.39, 0.29) is 11.5 Å². The van der Waals surface area contributed by atoms with Crippen molar-refractivity contribution >= 4 is 27.5 Å². The van der Waals surface area contributed by atoms with Crippen molar-refractivity contribution in [2.24, 2.45) is 0 Å². The van der Waals surface area contributed by atoms with Gasteiger partial charge >= 0.3 is 0 Å². The maximum absolute atomic E-state index is 12.5. The standard InChI is InChI=1S/C22H25N3O2S/c1-14-6-8-15(9-7-14)12-13-23-19(26)11-10-18-24-21(27)20-16-4-2-3-5-17(16)28-22(20)25-18/h6-9H,2-5,10-13H2,1H3,(H,23,26)(H,24,25,27). The van der Waals surface area contributed by atoms with Crippen LogP contribution in [0.15, 0.2) is 29.1 Å². The Morgan fingerprint density at radius 1 is 1.18 bits per heavy atom. The first-order valence-electron chi connectivity index (χ1n) is 9.96. The molecule has 3 aromatic rings. The van der Waals surface area contributed by atoms with Gasteiger partial charge in [0.25, 0.3) is 5.56 Å². The summed E-state index contributed by atoms with van der Waals surface area (Å²) in [6.07, 6.45) is 5.94. The number of carbonyl (C=O) groups is 1. The quantitative estimate of drug-likeness (QED) is 0.671. The number of thiophene rings is 1. The molecule has 1 aliphatic rings. The molecule has 0 aliphatic heterocycles. The third-order valence-corrected chi connectivity index (χ3v) is 6.51. The van der Waals surface area contributed by atoms with Crippen molar-refractivity contribution in [1.29, 1.82) is 0 Å². The molecule has 0 fully saturated rings. The molecule has 28 heavy (non-hydrogen) atoms. The molecule has 4 rings (SSSR count). The van der Waals surface area contributed by atoms with E-state index in [1.165, 1.54) is 28.0 Å². The van der Waals surface area contributed by atoms with Crippen molar-refractivity contribution in [2.75, 3.05) is 6.54 Å². The van der Waals surface area contributed by atoms with Crippen LogP contribution < -0.4 is 10.9 Å². The molecule has 2 N–H and O–H groups in total. The highest BCUT2D eigenvalue weighted by Crippen LogP contribution is 2.33. The summed E-state index contributed by atoms with van der Waals surface area (Å²) in [6, 6.07) is 8.34. The monoisotopic (exact) mass is 395 g/mol. The smallest absolute Gasteiger partial charge is 0.259 e. The molecule has 0 saturated carbocycles. The van der Waals surface area contributed by atoms with Crippen LogP contribution in [0.2, 0.25) is 0 Å². The van der Waals surface area contributed by atoms with Gasteiger partial charge in [-0.25, -0.2) is 4.98 Å². The summed E-state index contributed by atoms with van der Waals surface area (Å²) >= 11 is 1.64. The number of nitrogens with one attached hydrogen (secondary N) is 2. The second kappa shape index (κ2) is 8.27. The number of hydrogen-bond donors (Lipinski definition) is 2. The van der Waals surface area contributed by atoms with Gasteiger partial charge < -0.3 is 10.3 Å². The van der Waals surface area contributed by atoms with Gasteiger partial charge in [0.05, 0.1) is 5.39 Å². The number of aromatic nitrogens is 2. The lowest BCUT2D eigenvalue weighted by molar-refractivity contribution is -0.121. The number of rotatable bonds is 6. The van der Waals surface area contributed by atoms with E-state index in [1.807, 2.05) is 0 Å². The van der Waals surface area contributed by atoms with Gasteiger partial charge in [0.2, 0.25) is 5.91 Å². The van der Waals surface area contributed by atoms with E-state index in [2.05, 4.69) is 46.5 Å². The lowest BCUT2D eigenvalue weighted by Gasteiger charge is -2.09. The maximum Gasteiger partial charge on any atom is 0.259 e. The van der Waals surface area contributed by atoms with Crippen LogP contribution in [0.1, 0.15) is 46.7 Å². The Bertz CT molecular complexity index is 1050. The van der Waals surface area contributed by atoms with Gasteiger partial charge in [0, 0.05) is 24.3 Å². The average Bonchev–Trinajstić information content (AvgIpc) is 3.07. The minimum atomic E-state index is -0.0563. The van der Waals surface area contributed by atoms with E-state index in [0.717, 1.165) is 35.9 Å². The summed E-state index contributed by atoms with van der Waals surface area (Å²) < 4.78 is 0. The normalized spacial score (nSPS) is 13.5. The van der Waals surface area contributed by atoms with Crippen LogP contribution in [0.25, 0.3) is 10.2 Å². The van der Waals surface area contributed by atoms with E-state index >= 15 is 0 Å². The van der Waals surface area contributed by atoms with Crippen LogP contribution in [0.4, 0.5) is 0 Å². The zero-order valence-corrected chi connectivity index (χ0v) is 17.0. The number of amides is 1. The van der Waals surface area contributed by atoms with Crippen LogP contribution in [0, 0.1) is 6.92 Å². The molecule has 0 bridgehead atoms. The minimum Gasteiger partial charge on any atom is -0.356 e. The number of benzene rings is 1. The van der Waals surface area contributed by atoms with E-state index in [0.29, 0.717) is 25.2 Å². The summed E-state index contributed by atoms with van der Waals surface area (Å²) in [7, 11) is 0. The van der Waals surface area contributed by atoms with E-state index in [4.69, 9.17) is 0 Å². The molecule has 5 nitrogen and oxygen atoms in total. The van der Waals surface area contributed by atoms with Gasteiger partial charge in [-0.15, -0.1) is 11.3 Å². The highest BCUT2D eigenvalue weighted by atomic mass is 32.1. The van der Waals surface area contributed by atoms with Crippen molar-refractivity contribution in [3.8, 4) is 0 Å². The van der Waals surface area contributed by atoms with Crippen LogP contribution >= 0.6 is 11.3 Å². The first-order chi connectivity index (χ1) is 13.6. The molecule has 1 amide bonds. The number of fused-ring (bicyclic) bond motifs is 3. The van der Waals surface area contributed by atoms with Crippen molar-refractivity contribution in [3.63, 3.8) is 0 Å². The lowest BCUT2D eigenvalue weighted by atomic mass is 9.97. The zero-order valence-electron chi connectivity index (χ0n) is 16.1. The van der Waals surface area contributed by atoms with Gasteiger partial charge in [-0.05, 0) is 50.2 Å². The zero-order chi connectivity index (χ0) is 19.5. The van der Waals surface area contributed by atoms with Crippen molar-refractivity contribution in [3.05, 3.63) is 62.0 Å². The van der Waals surface area contributed by atoms with Gasteiger partial charge in [-0.2, -0.15) is 0 Å². The summed E-state index contributed by atoms with van der Waals surface area (Å²) in [6.45, 7) is 2.68. The number of H-pyrrole nitrogens is 1. The lowest BCUT2D eigenvalue weighted by Crippen LogP contribution is -2.26. The van der Waals surface area contributed by atoms with E-state index in [1.54, 1.807) is 11.3 Å². The van der Waals surface area contributed by atoms with Gasteiger partial charge in [0.1, 0.15) is 10.7 Å². The molecule has 0 unspecified atom stereocenters. The Labute approximate surface area is 168 Å². The molecule has 2 heterocycles. The summed E-state index contributed by atoms with van der Waals surface area (Å²) in [5.74, 6) is 0.588. The Kier molecular flexibility index (Phi) is 5.57. The molecule has 0 atom stereocenters. The maximum atomic E-state index is 12.5. The first kappa shape index (κ1) is 18.9. The third-order valence-electron chi connectivity index (χ3n) is 5.32. The van der Waals surface area contributed by atoms with Gasteiger partial charge in [-0.1, -0.05) is 29.8 Å². The summed E-state index contributed by atoms with van der Waals surface area (Å²) in [5, 5.41) is 3.72. The fraction of sp³-hybridized carbons (Fsp3) is 0.409. The predicted octanol–water partition coefficient (Wildman–Crippen LogP) is 3.46. The highest BCUT2D eigenvalue weighted by molar-refractivity contribution is 7.18. The van der Waals surface area contributed by atoms with Crippen LogP contribution in [-0.4, -0.2) is 22.4 Å². The van der Waals surface area contributed by atoms with Crippen LogP contribution in [0.3, 0.4) is 0 Å². The average molecular weight is 396 g/mol. The fourth-order valence-electron chi connectivity index (χ4n) is 3.75. The fourth-order valence-corrected chi connectivity index (χ4v) is 5.03. The van der Waals surface area contributed by atoms with Crippen LogP contribution in [-0.2, 0) is 30.5 Å². The number of hydrogen-bond acceptors (Lipinski definition) is 4. The number of carbonyl (C=O) groups excluding carboxylic acids is 1. The molecule has 6 heteroatoms. The molecule has 0 spiro atoms. The van der Waals surface area contributed by atoms with Gasteiger partial charge in [0.15, 0.2) is 0 Å². The summed E-state index contributed by atoms with van der Waals surface area (Å²) in [4.78, 5) is 34.3. The topological polar surface area (TPSA) is 74.8 Å². The Morgan fingerprint density at radius 3 is 2.79 bits per heavy atom. The first-order valence-corrected chi connectivity index (χ1v) is 10.8. The molecule has 2 aromatic heterocycles. The van der Waals surface area contributed by atoms with Crippen molar-refractivity contribution in [2.45, 2.75) is 51.9 Å².